The molecule has 0 unspecified atom stereocenters. The van der Waals surface area contributed by atoms with Crippen molar-refractivity contribution in [3.8, 4) is 0 Å². The molecule has 1 aromatic carbocycles. The molecule has 0 amide bonds. The lowest BCUT2D eigenvalue weighted by atomic mass is 10.1. The Labute approximate surface area is 148 Å². The molecule has 1 aromatic heterocycles. The Hall–Kier alpha value is -3.30. The van der Waals surface area contributed by atoms with E-state index in [0.29, 0.717) is 0 Å². The Morgan fingerprint density at radius 2 is 1.92 bits per heavy atom. The van der Waals surface area contributed by atoms with Crippen LogP contribution in [-0.4, -0.2) is 26.7 Å². The van der Waals surface area contributed by atoms with Gasteiger partial charge in [0.25, 0.3) is 5.95 Å². The second-order valence-corrected chi connectivity index (χ2v) is 5.47. The summed E-state index contributed by atoms with van der Waals surface area (Å²) in [5, 5.41) is 6.67. The van der Waals surface area contributed by atoms with E-state index in [-0.39, 0.29) is 32.1 Å². The number of nitrogens with two attached hydrogens (primary N) is 1. The van der Waals surface area contributed by atoms with Crippen LogP contribution in [0, 0.1) is 6.92 Å². The van der Waals surface area contributed by atoms with Crippen LogP contribution in [0.4, 0.5) is 5.95 Å². The van der Waals surface area contributed by atoms with E-state index in [0.717, 1.165) is 15.7 Å². The van der Waals surface area contributed by atoms with Crippen molar-refractivity contribution in [1.29, 1.82) is 0 Å². The van der Waals surface area contributed by atoms with Crippen LogP contribution in [0.2, 0.25) is 0 Å². The van der Waals surface area contributed by atoms with Gasteiger partial charge in [0, 0.05) is 6.54 Å². The molecule has 1 heterocycles. The monoisotopic (exact) mass is 360 g/mol. The minimum atomic E-state index is -0.832. The van der Waals surface area contributed by atoms with Crippen molar-refractivity contribution in [3.63, 3.8) is 0 Å². The molecule has 26 heavy (non-hydrogen) atoms. The molecule has 0 saturated heterocycles. The van der Waals surface area contributed by atoms with Gasteiger partial charge < -0.3 is 10.6 Å². The summed E-state index contributed by atoms with van der Waals surface area (Å²) in [4.78, 5) is 40.1. The van der Waals surface area contributed by atoms with Crippen LogP contribution >= 0.6 is 0 Å². The molecule has 0 saturated carbocycles. The second kappa shape index (κ2) is 8.70. The molecule has 2 aromatic rings. The zero-order chi connectivity index (χ0) is 19.1. The van der Waals surface area contributed by atoms with Crippen LogP contribution in [-0.2, 0) is 22.6 Å². The Kier molecular flexibility index (Phi) is 6.36. The maximum absolute atomic E-state index is 12.7. The van der Waals surface area contributed by atoms with Gasteiger partial charge >= 0.3 is 17.3 Å². The summed E-state index contributed by atoms with van der Waals surface area (Å²) in [6, 6.07) is 7.49. The molecule has 0 radical (unpaired) electrons. The largest absolute Gasteiger partial charge is 0.466 e. The fourth-order valence-corrected chi connectivity index (χ4v) is 2.29. The first-order valence-corrected chi connectivity index (χ1v) is 8.00. The molecule has 0 aliphatic rings. The minimum Gasteiger partial charge on any atom is -0.466 e. The van der Waals surface area contributed by atoms with E-state index in [2.05, 4.69) is 15.3 Å². The minimum absolute atomic E-state index is 0.118. The van der Waals surface area contributed by atoms with Crippen LogP contribution < -0.4 is 17.2 Å². The van der Waals surface area contributed by atoms with Gasteiger partial charge in [-0.15, -0.1) is 0 Å². The summed E-state index contributed by atoms with van der Waals surface area (Å²) in [7, 11) is 0. The smallest absolute Gasteiger partial charge is 0.355 e. The molecule has 10 nitrogen and oxygen atoms in total. The van der Waals surface area contributed by atoms with Gasteiger partial charge in [0.15, 0.2) is 0 Å². The lowest BCUT2D eigenvalue weighted by molar-refractivity contribution is -0.143. The van der Waals surface area contributed by atoms with Gasteiger partial charge in [-0.3, -0.25) is 9.36 Å². The van der Waals surface area contributed by atoms with Crippen molar-refractivity contribution >= 4 is 11.9 Å². The third-order valence-electron chi connectivity index (χ3n) is 3.58. The first-order valence-electron chi connectivity index (χ1n) is 8.00. The number of rotatable bonds is 7. The predicted molar refractivity (Wildman–Crippen MR) is 93.0 cm³/mol. The highest BCUT2D eigenvalue weighted by molar-refractivity contribution is 5.69. The standard InChI is InChI=1S/C16H20N6O4/c1-3-26-13(23)8-9-21-15(24)18-14(19-20-17)22(16(21)25)10-12-6-4-11(2)5-7-12/h4-7H,3,8-10H2,1-2H3,(H2,17,18,19,24). The predicted octanol–water partition coefficient (Wildman–Crippen LogP) is 0.672. The van der Waals surface area contributed by atoms with Crippen LogP contribution in [0.5, 0.6) is 0 Å². The summed E-state index contributed by atoms with van der Waals surface area (Å²) in [6.45, 7) is 3.82. The maximum Gasteiger partial charge on any atom is 0.355 e. The molecule has 2 N–H and O–H groups in total. The van der Waals surface area contributed by atoms with Crippen LogP contribution in [0.15, 0.2) is 44.2 Å². The number of benzene rings is 1. The van der Waals surface area contributed by atoms with E-state index in [4.69, 9.17) is 10.6 Å². The van der Waals surface area contributed by atoms with Crippen molar-refractivity contribution in [2.45, 2.75) is 33.4 Å². The summed E-state index contributed by atoms with van der Waals surface area (Å²) in [6.07, 6.45) is -0.118. The Morgan fingerprint density at radius 3 is 2.54 bits per heavy atom. The zero-order valence-electron chi connectivity index (χ0n) is 14.6. The highest BCUT2D eigenvalue weighted by Crippen LogP contribution is 2.09. The number of carbonyl (C=O) groups excluding carboxylic acids is 1. The molecular weight excluding hydrogens is 340 g/mol. The number of aromatic nitrogens is 3. The van der Waals surface area contributed by atoms with Crippen LogP contribution in [0.25, 0.3) is 0 Å². The molecule has 0 aliphatic carbocycles. The molecule has 0 spiro atoms. The van der Waals surface area contributed by atoms with E-state index in [1.165, 1.54) is 4.57 Å². The van der Waals surface area contributed by atoms with E-state index < -0.39 is 17.3 Å². The quantitative estimate of drug-likeness (QED) is 0.334. The van der Waals surface area contributed by atoms with E-state index in [1.54, 1.807) is 6.92 Å². The highest BCUT2D eigenvalue weighted by Gasteiger charge is 2.15. The number of ether oxygens (including phenoxy) is 1. The molecule has 10 heteroatoms. The van der Waals surface area contributed by atoms with Gasteiger partial charge in [0.2, 0.25) is 0 Å². The highest BCUT2D eigenvalue weighted by atomic mass is 16.5. The van der Waals surface area contributed by atoms with Crippen molar-refractivity contribution < 1.29 is 9.53 Å². The lowest BCUT2D eigenvalue weighted by Crippen LogP contribution is -2.42. The summed E-state index contributed by atoms with van der Waals surface area (Å²) in [5.41, 5.74) is 0.392. The summed E-state index contributed by atoms with van der Waals surface area (Å²) >= 11 is 0. The van der Waals surface area contributed by atoms with Crippen molar-refractivity contribution in [2.24, 2.45) is 16.2 Å². The van der Waals surface area contributed by atoms with Gasteiger partial charge in [0.1, 0.15) is 0 Å². The fraction of sp³-hybridized carbons (Fsp3) is 0.375. The molecule has 0 fully saturated rings. The lowest BCUT2D eigenvalue weighted by Gasteiger charge is -2.11. The molecule has 138 valence electrons. The number of carbonyl (C=O) groups is 1. The molecule has 0 atom stereocenters. The molecule has 0 aliphatic heterocycles. The fourth-order valence-electron chi connectivity index (χ4n) is 2.29. The van der Waals surface area contributed by atoms with Gasteiger partial charge in [-0.2, -0.15) is 4.98 Å². The van der Waals surface area contributed by atoms with Gasteiger partial charge in [-0.1, -0.05) is 40.2 Å². The van der Waals surface area contributed by atoms with Crippen molar-refractivity contribution in [2.75, 3.05) is 6.61 Å². The summed E-state index contributed by atoms with van der Waals surface area (Å²) < 4.78 is 6.85. The average molecular weight is 360 g/mol. The van der Waals surface area contributed by atoms with Gasteiger partial charge in [-0.25, -0.2) is 14.2 Å². The number of aryl methyl sites for hydroxylation is 1. The van der Waals surface area contributed by atoms with E-state index >= 15 is 0 Å². The molecule has 2 rings (SSSR count). The SMILES string of the molecule is CCOC(=O)CCn1c(=O)nc(N=NN)n(Cc2ccc(C)cc2)c1=O. The first kappa shape index (κ1) is 19.0. The van der Waals surface area contributed by atoms with Crippen LogP contribution in [0.3, 0.4) is 0 Å². The zero-order valence-corrected chi connectivity index (χ0v) is 14.6. The topological polar surface area (TPSA) is 134 Å². The van der Waals surface area contributed by atoms with Gasteiger partial charge in [-0.05, 0) is 19.4 Å². The Balaban J connectivity index is 2.42. The van der Waals surface area contributed by atoms with Crippen molar-refractivity contribution in [3.05, 3.63) is 56.4 Å². The molecule has 0 bridgehead atoms. The first-order chi connectivity index (χ1) is 12.5. The van der Waals surface area contributed by atoms with Crippen molar-refractivity contribution in [1.82, 2.24) is 14.1 Å². The third-order valence-corrected chi connectivity index (χ3v) is 3.58. The summed E-state index contributed by atoms with van der Waals surface area (Å²) in [5.74, 6) is 4.34. The van der Waals surface area contributed by atoms with Gasteiger partial charge in [0.05, 0.1) is 19.6 Å². The van der Waals surface area contributed by atoms with Crippen LogP contribution in [0.1, 0.15) is 24.5 Å². The Morgan fingerprint density at radius 1 is 1.23 bits per heavy atom. The number of nitrogens with zero attached hydrogens (tertiary/aromatic N) is 5. The number of hydrogen-bond acceptors (Lipinski definition) is 7. The number of esters is 1. The second-order valence-electron chi connectivity index (χ2n) is 5.47. The number of hydrogen-bond donors (Lipinski definition) is 1. The maximum atomic E-state index is 12.7. The Bertz CT molecular complexity index is 914. The molecular formula is C16H20N6O4. The normalized spacial score (nSPS) is 11.0. The van der Waals surface area contributed by atoms with E-state index in [9.17, 15) is 14.4 Å². The van der Waals surface area contributed by atoms with E-state index in [1.807, 2.05) is 31.2 Å². The average Bonchev–Trinajstić information content (AvgIpc) is 2.60. The third kappa shape index (κ3) is 4.62.